The van der Waals surface area contributed by atoms with Crippen LogP contribution >= 0.6 is 0 Å². The number of nitrogens with zero attached hydrogens (tertiary/aromatic N) is 1. The Bertz CT molecular complexity index is 324. The quantitative estimate of drug-likeness (QED) is 0.628. The molecule has 0 aromatic carbocycles. The van der Waals surface area contributed by atoms with Crippen molar-refractivity contribution in [2.24, 2.45) is 10.9 Å². The van der Waals surface area contributed by atoms with Gasteiger partial charge in [-0.25, -0.2) is 0 Å². The molecule has 3 aliphatic rings. The molecule has 0 amide bonds. The fourth-order valence-electron chi connectivity index (χ4n) is 4.09. The SMILES string of the molecule is C1CCC(N=C(NC2CCCCC2)C2CCOCC2)CC1. The average Bonchev–Trinajstić information content (AvgIpc) is 2.57. The molecule has 3 fully saturated rings. The largest absolute Gasteiger partial charge is 0.381 e. The molecule has 1 heterocycles. The van der Waals surface area contributed by atoms with E-state index in [1.54, 1.807) is 0 Å². The van der Waals surface area contributed by atoms with E-state index in [9.17, 15) is 0 Å². The highest BCUT2D eigenvalue weighted by atomic mass is 16.5. The summed E-state index contributed by atoms with van der Waals surface area (Å²) in [6.45, 7) is 1.83. The smallest absolute Gasteiger partial charge is 0.100 e. The average molecular weight is 292 g/mol. The Morgan fingerprint density at radius 1 is 0.762 bits per heavy atom. The zero-order chi connectivity index (χ0) is 14.3. The second-order valence-corrected chi connectivity index (χ2v) is 7.17. The molecule has 0 aromatic heterocycles. The Labute approximate surface area is 129 Å². The van der Waals surface area contributed by atoms with Gasteiger partial charge in [-0.05, 0) is 38.5 Å². The predicted molar refractivity (Wildman–Crippen MR) is 87.9 cm³/mol. The van der Waals surface area contributed by atoms with E-state index in [-0.39, 0.29) is 0 Å². The number of rotatable bonds is 3. The Kier molecular flexibility index (Phi) is 5.96. The van der Waals surface area contributed by atoms with Gasteiger partial charge in [-0.15, -0.1) is 0 Å². The fraction of sp³-hybridized carbons (Fsp3) is 0.944. The summed E-state index contributed by atoms with van der Waals surface area (Å²) in [4.78, 5) is 5.20. The Morgan fingerprint density at radius 2 is 1.38 bits per heavy atom. The molecule has 0 spiro atoms. The third-order valence-electron chi connectivity index (χ3n) is 5.46. The van der Waals surface area contributed by atoms with Gasteiger partial charge in [-0.1, -0.05) is 38.5 Å². The molecule has 3 nitrogen and oxygen atoms in total. The first-order chi connectivity index (χ1) is 10.4. The number of nitrogens with one attached hydrogen (secondary N) is 1. The second kappa shape index (κ2) is 8.17. The molecule has 3 heteroatoms. The summed E-state index contributed by atoms with van der Waals surface area (Å²) in [6.07, 6.45) is 16.0. The van der Waals surface area contributed by atoms with Crippen LogP contribution in [0.25, 0.3) is 0 Å². The Hall–Kier alpha value is -0.570. The number of hydrogen-bond donors (Lipinski definition) is 1. The lowest BCUT2D eigenvalue weighted by Crippen LogP contribution is -2.42. The molecule has 0 aromatic rings. The van der Waals surface area contributed by atoms with Crippen molar-refractivity contribution in [3.63, 3.8) is 0 Å². The maximum atomic E-state index is 5.55. The Balaban J connectivity index is 1.64. The van der Waals surface area contributed by atoms with Crippen LogP contribution in [0.4, 0.5) is 0 Å². The predicted octanol–water partition coefficient (Wildman–Crippen LogP) is 4.07. The van der Waals surface area contributed by atoms with Gasteiger partial charge in [-0.3, -0.25) is 4.99 Å². The molecular weight excluding hydrogens is 260 g/mol. The third-order valence-corrected chi connectivity index (χ3v) is 5.46. The van der Waals surface area contributed by atoms with Crippen LogP contribution in [0.15, 0.2) is 4.99 Å². The van der Waals surface area contributed by atoms with E-state index in [2.05, 4.69) is 5.32 Å². The molecule has 0 atom stereocenters. The zero-order valence-electron chi connectivity index (χ0n) is 13.5. The molecule has 2 aliphatic carbocycles. The summed E-state index contributed by atoms with van der Waals surface area (Å²) in [5.74, 6) is 1.97. The van der Waals surface area contributed by atoms with E-state index in [0.29, 0.717) is 18.0 Å². The zero-order valence-corrected chi connectivity index (χ0v) is 13.5. The maximum absolute atomic E-state index is 5.55. The maximum Gasteiger partial charge on any atom is 0.100 e. The second-order valence-electron chi connectivity index (χ2n) is 7.17. The van der Waals surface area contributed by atoms with Crippen LogP contribution < -0.4 is 5.32 Å². The van der Waals surface area contributed by atoms with E-state index >= 15 is 0 Å². The van der Waals surface area contributed by atoms with Gasteiger partial charge in [-0.2, -0.15) is 0 Å². The number of hydrogen-bond acceptors (Lipinski definition) is 2. The molecule has 1 N–H and O–H groups in total. The highest BCUT2D eigenvalue weighted by Gasteiger charge is 2.24. The van der Waals surface area contributed by atoms with Crippen molar-refractivity contribution >= 4 is 5.84 Å². The van der Waals surface area contributed by atoms with Gasteiger partial charge in [0.05, 0.1) is 6.04 Å². The summed E-state index contributed by atoms with van der Waals surface area (Å²) in [6, 6.07) is 1.27. The van der Waals surface area contributed by atoms with Crippen molar-refractivity contribution in [3.8, 4) is 0 Å². The highest BCUT2D eigenvalue weighted by molar-refractivity contribution is 5.85. The lowest BCUT2D eigenvalue weighted by atomic mass is 9.92. The minimum absolute atomic E-state index is 0.590. The van der Waals surface area contributed by atoms with Crippen molar-refractivity contribution in [2.45, 2.75) is 89.1 Å². The van der Waals surface area contributed by atoms with E-state index in [4.69, 9.17) is 9.73 Å². The first kappa shape index (κ1) is 15.3. The molecule has 1 saturated heterocycles. The van der Waals surface area contributed by atoms with Gasteiger partial charge in [0, 0.05) is 25.2 Å². The lowest BCUT2D eigenvalue weighted by Gasteiger charge is -2.31. The number of ether oxygens (including phenoxy) is 1. The van der Waals surface area contributed by atoms with Crippen molar-refractivity contribution < 1.29 is 4.74 Å². The molecular formula is C18H32N2O. The monoisotopic (exact) mass is 292 g/mol. The molecule has 0 bridgehead atoms. The minimum atomic E-state index is 0.590. The van der Waals surface area contributed by atoms with Crippen LogP contribution in [0.2, 0.25) is 0 Å². The van der Waals surface area contributed by atoms with Crippen LogP contribution in [0.5, 0.6) is 0 Å². The van der Waals surface area contributed by atoms with Crippen molar-refractivity contribution in [2.75, 3.05) is 13.2 Å². The molecule has 120 valence electrons. The van der Waals surface area contributed by atoms with Crippen LogP contribution in [0.1, 0.15) is 77.0 Å². The van der Waals surface area contributed by atoms with Gasteiger partial charge in [0.2, 0.25) is 0 Å². The summed E-state index contributed by atoms with van der Waals surface area (Å²) < 4.78 is 5.55. The first-order valence-corrected chi connectivity index (χ1v) is 9.34. The lowest BCUT2D eigenvalue weighted by molar-refractivity contribution is 0.0816. The number of amidine groups is 1. The molecule has 21 heavy (non-hydrogen) atoms. The molecule has 3 rings (SSSR count). The van der Waals surface area contributed by atoms with E-state index in [1.165, 1.54) is 70.0 Å². The molecule has 0 unspecified atom stereocenters. The normalized spacial score (nSPS) is 27.7. The number of aliphatic imine (C=N–C) groups is 1. The van der Waals surface area contributed by atoms with Gasteiger partial charge in [0.1, 0.15) is 5.84 Å². The molecule has 0 radical (unpaired) electrons. The standard InChI is InChI=1S/C18H32N2O/c1-3-7-16(8-4-1)19-18(15-11-13-21-14-12-15)20-17-9-5-2-6-10-17/h15-17H,1-14H2,(H,19,20). The van der Waals surface area contributed by atoms with Crippen molar-refractivity contribution in [3.05, 3.63) is 0 Å². The van der Waals surface area contributed by atoms with Crippen LogP contribution in [0, 0.1) is 5.92 Å². The minimum Gasteiger partial charge on any atom is -0.381 e. The summed E-state index contributed by atoms with van der Waals surface area (Å²) in [5, 5.41) is 3.87. The highest BCUT2D eigenvalue weighted by Crippen LogP contribution is 2.24. The molecule has 1 aliphatic heterocycles. The summed E-state index contributed by atoms with van der Waals surface area (Å²) >= 11 is 0. The first-order valence-electron chi connectivity index (χ1n) is 9.34. The van der Waals surface area contributed by atoms with Gasteiger partial charge >= 0.3 is 0 Å². The molecule has 2 saturated carbocycles. The fourth-order valence-corrected chi connectivity index (χ4v) is 4.09. The van der Waals surface area contributed by atoms with Crippen LogP contribution in [-0.2, 0) is 4.74 Å². The van der Waals surface area contributed by atoms with E-state index < -0.39 is 0 Å². The summed E-state index contributed by atoms with van der Waals surface area (Å²) in [5.41, 5.74) is 0. The third kappa shape index (κ3) is 4.70. The van der Waals surface area contributed by atoms with Gasteiger partial charge in [0.25, 0.3) is 0 Å². The van der Waals surface area contributed by atoms with Crippen LogP contribution in [-0.4, -0.2) is 31.1 Å². The van der Waals surface area contributed by atoms with E-state index in [1.807, 2.05) is 0 Å². The van der Waals surface area contributed by atoms with Crippen LogP contribution in [0.3, 0.4) is 0 Å². The summed E-state index contributed by atoms with van der Waals surface area (Å²) in [7, 11) is 0. The van der Waals surface area contributed by atoms with Crippen molar-refractivity contribution in [1.82, 2.24) is 5.32 Å². The Morgan fingerprint density at radius 3 is 2.05 bits per heavy atom. The topological polar surface area (TPSA) is 33.6 Å². The van der Waals surface area contributed by atoms with Gasteiger partial charge < -0.3 is 10.1 Å². The van der Waals surface area contributed by atoms with E-state index in [0.717, 1.165) is 26.1 Å². The van der Waals surface area contributed by atoms with Gasteiger partial charge in [0.15, 0.2) is 0 Å². The van der Waals surface area contributed by atoms with Crippen molar-refractivity contribution in [1.29, 1.82) is 0 Å².